The molecule has 7 aromatic carbocycles. The minimum atomic E-state index is -2.37. The summed E-state index contributed by atoms with van der Waals surface area (Å²) in [5.74, 6) is 0. The number of fused-ring (bicyclic) bond motifs is 11. The third kappa shape index (κ3) is 4.31. The number of nitrogens with zero attached hydrogens (tertiary/aromatic N) is 3. The summed E-state index contributed by atoms with van der Waals surface area (Å²) in [7, 11) is 0. The molecular weight excluding hydrogens is 634 g/mol. The highest BCUT2D eigenvalue weighted by atomic mass is 32.4. The normalized spacial score (nSPS) is 12.2. The van der Waals surface area contributed by atoms with Crippen molar-refractivity contribution in [3.05, 3.63) is 170 Å². The maximum absolute atomic E-state index is 6.81. The lowest BCUT2D eigenvalue weighted by Gasteiger charge is -2.25. The molecule has 0 aliphatic heterocycles. The molecule has 0 spiro atoms. The van der Waals surface area contributed by atoms with Crippen LogP contribution in [0.1, 0.15) is 0 Å². The van der Waals surface area contributed by atoms with Crippen molar-refractivity contribution in [3.63, 3.8) is 0 Å². The SMILES string of the molecule is S=P(c1ccccc1)(c1ccccc1)c1ccc2c(c1)c1ccc3ccccc3c1c1nc3ccc(-c4cc5ccccc5cn4)cc3n21. The summed E-state index contributed by atoms with van der Waals surface area (Å²) in [4.78, 5) is 10.2. The van der Waals surface area contributed by atoms with Gasteiger partial charge in [0.1, 0.15) is 5.65 Å². The highest BCUT2D eigenvalue weighted by Crippen LogP contribution is 2.45. The van der Waals surface area contributed by atoms with E-state index in [0.29, 0.717) is 0 Å². The van der Waals surface area contributed by atoms with Crippen molar-refractivity contribution in [1.82, 2.24) is 14.4 Å². The number of hydrogen-bond donors (Lipinski definition) is 0. The van der Waals surface area contributed by atoms with E-state index < -0.39 is 6.04 Å². The number of hydrogen-bond acceptors (Lipinski definition) is 3. The summed E-state index contributed by atoms with van der Waals surface area (Å²) in [6.07, 6.45) is 1.96. The fourth-order valence-electron chi connectivity index (χ4n) is 7.48. The Balaban J connectivity index is 1.32. The van der Waals surface area contributed by atoms with Crippen LogP contribution in [0.4, 0.5) is 0 Å². The van der Waals surface area contributed by atoms with Gasteiger partial charge in [-0.15, -0.1) is 0 Å². The summed E-state index contributed by atoms with van der Waals surface area (Å²) in [6, 6.07) is 56.0. The van der Waals surface area contributed by atoms with Crippen molar-refractivity contribution in [1.29, 1.82) is 0 Å². The van der Waals surface area contributed by atoms with Crippen molar-refractivity contribution in [2.75, 3.05) is 0 Å². The average Bonchev–Trinajstić information content (AvgIpc) is 3.56. The molecule has 0 atom stereocenters. The van der Waals surface area contributed by atoms with Crippen molar-refractivity contribution < 1.29 is 0 Å². The van der Waals surface area contributed by atoms with Crippen molar-refractivity contribution in [3.8, 4) is 11.3 Å². The first kappa shape index (κ1) is 28.4. The molecule has 0 fully saturated rings. The van der Waals surface area contributed by atoms with Gasteiger partial charge in [-0.25, -0.2) is 4.98 Å². The molecule has 49 heavy (non-hydrogen) atoms. The van der Waals surface area contributed by atoms with Crippen LogP contribution in [0.25, 0.3) is 71.2 Å². The van der Waals surface area contributed by atoms with Crippen molar-refractivity contribution in [2.24, 2.45) is 0 Å². The Morgan fingerprint density at radius 1 is 0.490 bits per heavy atom. The Hall–Kier alpha value is -5.67. The van der Waals surface area contributed by atoms with Gasteiger partial charge >= 0.3 is 0 Å². The Kier molecular flexibility index (Phi) is 6.33. The maximum Gasteiger partial charge on any atom is 0.147 e. The number of imidazole rings is 1. The highest BCUT2D eigenvalue weighted by molar-refractivity contribution is 8.25. The summed E-state index contributed by atoms with van der Waals surface area (Å²) in [5.41, 5.74) is 6.08. The van der Waals surface area contributed by atoms with Crippen LogP contribution in [0, 0.1) is 0 Å². The summed E-state index contributed by atoms with van der Waals surface area (Å²) >= 11 is 6.81. The average molecular weight is 662 g/mol. The van der Waals surface area contributed by atoms with E-state index in [2.05, 4.69) is 168 Å². The Bertz CT molecular complexity index is 2930. The van der Waals surface area contributed by atoms with Gasteiger partial charge in [0.15, 0.2) is 0 Å². The molecule has 3 nitrogen and oxygen atoms in total. The van der Waals surface area contributed by atoms with Crippen LogP contribution >= 0.6 is 6.04 Å². The minimum Gasteiger partial charge on any atom is -0.292 e. The van der Waals surface area contributed by atoms with Gasteiger partial charge in [-0.2, -0.15) is 0 Å². The number of aromatic nitrogens is 3. The van der Waals surface area contributed by atoms with Gasteiger partial charge in [-0.3, -0.25) is 9.38 Å². The lowest BCUT2D eigenvalue weighted by atomic mass is 9.99. The number of rotatable bonds is 4. The third-order valence-corrected chi connectivity index (χ3v) is 14.8. The third-order valence-electron chi connectivity index (χ3n) is 9.85. The lowest BCUT2D eigenvalue weighted by Crippen LogP contribution is -2.24. The van der Waals surface area contributed by atoms with Crippen LogP contribution in [-0.2, 0) is 11.8 Å². The Morgan fingerprint density at radius 3 is 1.96 bits per heavy atom. The molecular formula is C44H28N3PS. The molecule has 3 heterocycles. The van der Waals surface area contributed by atoms with Crippen molar-refractivity contribution >= 4 is 93.7 Å². The van der Waals surface area contributed by atoms with Gasteiger partial charge in [-0.1, -0.05) is 145 Å². The van der Waals surface area contributed by atoms with Gasteiger partial charge in [0.2, 0.25) is 0 Å². The van der Waals surface area contributed by atoms with E-state index in [9.17, 15) is 0 Å². The van der Waals surface area contributed by atoms with Crippen LogP contribution in [0.15, 0.2) is 170 Å². The predicted molar refractivity (Wildman–Crippen MR) is 212 cm³/mol. The van der Waals surface area contributed by atoms with Gasteiger partial charge in [0.25, 0.3) is 0 Å². The van der Waals surface area contributed by atoms with Crippen LogP contribution in [0.3, 0.4) is 0 Å². The lowest BCUT2D eigenvalue weighted by molar-refractivity contribution is 1.31. The van der Waals surface area contributed by atoms with E-state index >= 15 is 0 Å². The van der Waals surface area contributed by atoms with Crippen LogP contribution in [-0.4, -0.2) is 14.4 Å². The van der Waals surface area contributed by atoms with Gasteiger partial charge in [0, 0.05) is 34.0 Å². The van der Waals surface area contributed by atoms with Gasteiger partial charge in [0.05, 0.1) is 22.2 Å². The second kappa shape index (κ2) is 10.9. The molecule has 0 saturated heterocycles. The van der Waals surface area contributed by atoms with Crippen LogP contribution < -0.4 is 15.9 Å². The molecule has 5 heteroatoms. The highest BCUT2D eigenvalue weighted by Gasteiger charge is 2.26. The quantitative estimate of drug-likeness (QED) is 0.139. The zero-order chi connectivity index (χ0) is 32.5. The second-order valence-corrected chi connectivity index (χ2v) is 17.0. The molecule has 0 bridgehead atoms. The van der Waals surface area contributed by atoms with E-state index in [1.54, 1.807) is 0 Å². The molecule has 0 aliphatic carbocycles. The van der Waals surface area contributed by atoms with E-state index in [0.717, 1.165) is 44.2 Å². The fraction of sp³-hybridized carbons (Fsp3) is 0. The summed E-state index contributed by atoms with van der Waals surface area (Å²) in [5, 5.41) is 11.7. The Labute approximate surface area is 288 Å². The van der Waals surface area contributed by atoms with Gasteiger partial charge in [-0.05, 0) is 67.8 Å². The molecule has 0 N–H and O–H groups in total. The zero-order valence-corrected chi connectivity index (χ0v) is 28.1. The first-order valence-electron chi connectivity index (χ1n) is 16.4. The van der Waals surface area contributed by atoms with Crippen molar-refractivity contribution in [2.45, 2.75) is 0 Å². The molecule has 0 radical (unpaired) electrons. The topological polar surface area (TPSA) is 30.2 Å². The van der Waals surface area contributed by atoms with Crippen LogP contribution in [0.5, 0.6) is 0 Å². The Morgan fingerprint density at radius 2 is 1.18 bits per heavy atom. The standard InChI is InChI=1S/C44H28N3PS/c49-48(33-14-3-1-4-15-33,34-16-5-2-6-17-34)35-21-24-41-38(27-35)37-22-19-29-11-9-10-18-36(29)43(37)44-46-39-23-20-31(26-42(39)47(41)44)40-25-30-12-7-8-13-32(30)28-45-40/h1-28H. The second-order valence-electron chi connectivity index (χ2n) is 12.6. The summed E-state index contributed by atoms with van der Waals surface area (Å²) in [6.45, 7) is 0. The molecule has 230 valence electrons. The molecule has 10 rings (SSSR count). The molecule has 3 aromatic heterocycles. The molecule has 0 amide bonds. The fourth-order valence-corrected chi connectivity index (χ4v) is 11.2. The molecule has 10 aromatic rings. The molecule has 0 saturated carbocycles. The number of benzene rings is 7. The minimum absolute atomic E-state index is 0.944. The van der Waals surface area contributed by atoms with E-state index in [-0.39, 0.29) is 0 Å². The van der Waals surface area contributed by atoms with Gasteiger partial charge < -0.3 is 0 Å². The molecule has 0 unspecified atom stereocenters. The first-order chi connectivity index (χ1) is 24.2. The number of pyridine rings is 2. The van der Waals surface area contributed by atoms with Crippen LogP contribution in [0.2, 0.25) is 0 Å². The largest absolute Gasteiger partial charge is 0.292 e. The van der Waals surface area contributed by atoms with E-state index in [1.165, 1.54) is 42.8 Å². The zero-order valence-electron chi connectivity index (χ0n) is 26.4. The van der Waals surface area contributed by atoms with E-state index in [4.69, 9.17) is 21.8 Å². The summed E-state index contributed by atoms with van der Waals surface area (Å²) < 4.78 is 2.35. The first-order valence-corrected chi connectivity index (χ1v) is 19.2. The predicted octanol–water partition coefficient (Wildman–Crippen LogP) is 9.92. The monoisotopic (exact) mass is 661 g/mol. The molecule has 0 aliphatic rings. The smallest absolute Gasteiger partial charge is 0.147 e. The maximum atomic E-state index is 6.81. The van der Waals surface area contributed by atoms with E-state index in [1.807, 2.05) is 6.20 Å².